The van der Waals surface area contributed by atoms with E-state index in [2.05, 4.69) is 5.32 Å². The van der Waals surface area contributed by atoms with Gasteiger partial charge in [0.25, 0.3) is 5.91 Å². The molecule has 2 rings (SSSR count). The molecule has 0 bridgehead atoms. The number of para-hydroxylation sites is 2. The number of rotatable bonds is 8. The molecule has 0 unspecified atom stereocenters. The highest BCUT2D eigenvalue weighted by Gasteiger charge is 2.13. The fourth-order valence-corrected chi connectivity index (χ4v) is 2.27. The first-order valence-corrected chi connectivity index (χ1v) is 8.24. The lowest BCUT2D eigenvalue weighted by Crippen LogP contribution is -2.21. The molecule has 0 heterocycles. The summed E-state index contributed by atoms with van der Waals surface area (Å²) in [5.74, 6) is -0.813. The van der Waals surface area contributed by atoms with Crippen LogP contribution in [0.3, 0.4) is 0 Å². The van der Waals surface area contributed by atoms with Gasteiger partial charge in [-0.1, -0.05) is 23.7 Å². The van der Waals surface area contributed by atoms with Crippen molar-refractivity contribution in [2.75, 3.05) is 19.0 Å². The fraction of sp³-hybridized carbons (Fsp3) is 0.211. The second-order valence-corrected chi connectivity index (χ2v) is 5.78. The van der Waals surface area contributed by atoms with Gasteiger partial charge in [-0.05, 0) is 36.4 Å². The summed E-state index contributed by atoms with van der Waals surface area (Å²) in [6.07, 6.45) is -0.113. The number of Topliss-reactive ketones (excluding diaryl/α,β-unsaturated/α-hetero) is 1. The number of benzene rings is 2. The number of anilines is 1. The van der Waals surface area contributed by atoms with Crippen molar-refractivity contribution in [3.63, 3.8) is 0 Å². The Morgan fingerprint density at radius 2 is 1.69 bits per heavy atom. The molecule has 0 aliphatic heterocycles. The molecule has 2 aromatic rings. The van der Waals surface area contributed by atoms with E-state index in [9.17, 15) is 14.4 Å². The molecular weight excluding hydrogens is 358 g/mol. The Morgan fingerprint density at radius 3 is 2.38 bits per heavy atom. The Labute approximate surface area is 156 Å². The van der Waals surface area contributed by atoms with Crippen molar-refractivity contribution in [2.24, 2.45) is 0 Å². The molecule has 2 aromatic carbocycles. The molecule has 0 spiro atoms. The molecule has 6 nitrogen and oxygen atoms in total. The van der Waals surface area contributed by atoms with E-state index in [4.69, 9.17) is 21.1 Å². The summed E-state index contributed by atoms with van der Waals surface area (Å²) in [5, 5.41) is 3.12. The van der Waals surface area contributed by atoms with Gasteiger partial charge >= 0.3 is 5.97 Å². The Balaban J connectivity index is 1.75. The Kier molecular flexibility index (Phi) is 7.17. The monoisotopic (exact) mass is 375 g/mol. The number of nitrogens with one attached hydrogen (secondary N) is 1. The molecule has 0 radical (unpaired) electrons. The summed E-state index contributed by atoms with van der Waals surface area (Å²) in [6.45, 7) is -0.438. The molecule has 7 heteroatoms. The number of halogens is 1. The zero-order valence-electron chi connectivity index (χ0n) is 14.2. The van der Waals surface area contributed by atoms with Gasteiger partial charge in [0.05, 0.1) is 19.2 Å². The Bertz CT molecular complexity index is 789. The minimum absolute atomic E-state index is 0.00536. The summed E-state index contributed by atoms with van der Waals surface area (Å²) in [4.78, 5) is 35.5. The van der Waals surface area contributed by atoms with Gasteiger partial charge in [0, 0.05) is 17.0 Å². The van der Waals surface area contributed by atoms with E-state index in [1.807, 2.05) is 0 Å². The maximum Gasteiger partial charge on any atom is 0.306 e. The molecule has 0 atom stereocenters. The first-order chi connectivity index (χ1) is 12.5. The van der Waals surface area contributed by atoms with Crippen molar-refractivity contribution < 1.29 is 23.9 Å². The predicted octanol–water partition coefficient (Wildman–Crippen LogP) is 3.49. The summed E-state index contributed by atoms with van der Waals surface area (Å²) in [5.41, 5.74) is 0.949. The molecule has 0 aliphatic rings. The number of carbonyl (C=O) groups excluding carboxylic acids is 3. The second-order valence-electron chi connectivity index (χ2n) is 5.34. The minimum Gasteiger partial charge on any atom is -0.495 e. The normalized spacial score (nSPS) is 10.1. The summed E-state index contributed by atoms with van der Waals surface area (Å²) in [6, 6.07) is 13.3. The second kappa shape index (κ2) is 9.58. The average Bonchev–Trinajstić information content (AvgIpc) is 2.65. The smallest absolute Gasteiger partial charge is 0.306 e. The standard InChI is InChI=1S/C19H18ClNO5/c1-25-17-5-3-2-4-15(17)21-18(23)12-26-19(24)11-10-16(22)13-6-8-14(20)9-7-13/h2-9H,10-12H2,1H3,(H,21,23). The van der Waals surface area contributed by atoms with Gasteiger partial charge in [0.15, 0.2) is 12.4 Å². The number of ether oxygens (including phenoxy) is 2. The number of hydrogen-bond donors (Lipinski definition) is 1. The van der Waals surface area contributed by atoms with Crippen LogP contribution in [0.25, 0.3) is 0 Å². The first-order valence-electron chi connectivity index (χ1n) is 7.87. The highest BCUT2D eigenvalue weighted by molar-refractivity contribution is 6.30. The van der Waals surface area contributed by atoms with Crippen molar-refractivity contribution in [1.82, 2.24) is 0 Å². The number of hydrogen-bond acceptors (Lipinski definition) is 5. The third kappa shape index (κ3) is 5.89. The van der Waals surface area contributed by atoms with Crippen LogP contribution < -0.4 is 10.1 Å². The van der Waals surface area contributed by atoms with Crippen LogP contribution in [-0.2, 0) is 14.3 Å². The van der Waals surface area contributed by atoms with Gasteiger partial charge in [-0.25, -0.2) is 0 Å². The van der Waals surface area contributed by atoms with Gasteiger partial charge in [-0.3, -0.25) is 14.4 Å². The molecule has 26 heavy (non-hydrogen) atoms. The quantitative estimate of drug-likeness (QED) is 0.564. The molecule has 0 aromatic heterocycles. The van der Waals surface area contributed by atoms with E-state index in [0.29, 0.717) is 22.0 Å². The van der Waals surface area contributed by atoms with Crippen LogP contribution in [0.15, 0.2) is 48.5 Å². The average molecular weight is 376 g/mol. The molecule has 0 fully saturated rings. The summed E-state index contributed by atoms with van der Waals surface area (Å²) < 4.78 is 10.0. The number of methoxy groups -OCH3 is 1. The highest BCUT2D eigenvalue weighted by atomic mass is 35.5. The lowest BCUT2D eigenvalue weighted by molar-refractivity contribution is -0.147. The van der Waals surface area contributed by atoms with Crippen LogP contribution in [0.2, 0.25) is 5.02 Å². The van der Waals surface area contributed by atoms with E-state index in [0.717, 1.165) is 0 Å². The number of esters is 1. The van der Waals surface area contributed by atoms with Crippen LogP contribution in [0.1, 0.15) is 23.2 Å². The number of carbonyl (C=O) groups is 3. The van der Waals surface area contributed by atoms with Crippen LogP contribution in [-0.4, -0.2) is 31.4 Å². The zero-order valence-corrected chi connectivity index (χ0v) is 14.9. The van der Waals surface area contributed by atoms with E-state index in [-0.39, 0.29) is 18.6 Å². The SMILES string of the molecule is COc1ccccc1NC(=O)COC(=O)CCC(=O)c1ccc(Cl)cc1. The molecular formula is C19H18ClNO5. The van der Waals surface area contributed by atoms with Crippen LogP contribution >= 0.6 is 11.6 Å². The van der Waals surface area contributed by atoms with Crippen LogP contribution in [0, 0.1) is 0 Å². The van der Waals surface area contributed by atoms with Crippen molar-refractivity contribution in [3.05, 3.63) is 59.1 Å². The molecule has 0 saturated carbocycles. The maximum atomic E-state index is 12.0. The minimum atomic E-state index is -0.623. The largest absolute Gasteiger partial charge is 0.495 e. The third-order valence-corrected chi connectivity index (χ3v) is 3.72. The van der Waals surface area contributed by atoms with Crippen LogP contribution in [0.5, 0.6) is 5.75 Å². The van der Waals surface area contributed by atoms with Gasteiger partial charge in [-0.2, -0.15) is 0 Å². The zero-order chi connectivity index (χ0) is 18.9. The van der Waals surface area contributed by atoms with Gasteiger partial charge < -0.3 is 14.8 Å². The molecule has 1 amide bonds. The molecule has 136 valence electrons. The predicted molar refractivity (Wildman–Crippen MR) is 97.6 cm³/mol. The molecule has 0 aliphatic carbocycles. The van der Waals surface area contributed by atoms with Crippen LogP contribution in [0.4, 0.5) is 5.69 Å². The summed E-state index contributed by atoms with van der Waals surface area (Å²) >= 11 is 5.76. The van der Waals surface area contributed by atoms with E-state index in [1.54, 1.807) is 48.5 Å². The van der Waals surface area contributed by atoms with Gasteiger partial charge in [-0.15, -0.1) is 0 Å². The molecule has 0 saturated heterocycles. The van der Waals surface area contributed by atoms with Crippen molar-refractivity contribution in [2.45, 2.75) is 12.8 Å². The molecule has 1 N–H and O–H groups in total. The van der Waals surface area contributed by atoms with E-state index < -0.39 is 18.5 Å². The Hall–Kier alpha value is -2.86. The fourth-order valence-electron chi connectivity index (χ4n) is 2.15. The van der Waals surface area contributed by atoms with E-state index in [1.165, 1.54) is 7.11 Å². The lowest BCUT2D eigenvalue weighted by atomic mass is 10.1. The maximum absolute atomic E-state index is 12.0. The Morgan fingerprint density at radius 1 is 1.00 bits per heavy atom. The highest BCUT2D eigenvalue weighted by Crippen LogP contribution is 2.22. The number of amides is 1. The van der Waals surface area contributed by atoms with Gasteiger partial charge in [0.2, 0.25) is 0 Å². The van der Waals surface area contributed by atoms with Gasteiger partial charge in [0.1, 0.15) is 5.75 Å². The van der Waals surface area contributed by atoms with Crippen molar-refractivity contribution in [3.8, 4) is 5.75 Å². The first kappa shape index (κ1) is 19.5. The topological polar surface area (TPSA) is 81.7 Å². The lowest BCUT2D eigenvalue weighted by Gasteiger charge is -2.10. The summed E-state index contributed by atoms with van der Waals surface area (Å²) in [7, 11) is 1.49. The third-order valence-electron chi connectivity index (χ3n) is 3.47. The van der Waals surface area contributed by atoms with Crippen molar-refractivity contribution >= 4 is 34.9 Å². The van der Waals surface area contributed by atoms with Crippen molar-refractivity contribution in [1.29, 1.82) is 0 Å². The number of ketones is 1. The van der Waals surface area contributed by atoms with E-state index >= 15 is 0 Å².